The Balaban J connectivity index is 2.21. The number of rotatable bonds is 3. The molecule has 1 fully saturated rings. The molecule has 0 aliphatic heterocycles. The first-order valence-corrected chi connectivity index (χ1v) is 4.59. The molecule has 0 aromatic carbocycles. The highest BCUT2D eigenvalue weighted by Crippen LogP contribution is 2.27. The van der Waals surface area contributed by atoms with Crippen LogP contribution in [0, 0.1) is 5.92 Å². The summed E-state index contributed by atoms with van der Waals surface area (Å²) >= 11 is 0. The van der Waals surface area contributed by atoms with Crippen molar-refractivity contribution in [1.29, 1.82) is 0 Å². The van der Waals surface area contributed by atoms with Crippen molar-refractivity contribution in [3.05, 3.63) is 0 Å². The first-order valence-electron chi connectivity index (χ1n) is 4.59. The van der Waals surface area contributed by atoms with Gasteiger partial charge in [0.1, 0.15) is 0 Å². The Hall–Kier alpha value is -0.0800. The van der Waals surface area contributed by atoms with E-state index in [9.17, 15) is 0 Å². The number of ether oxygens (including phenoxy) is 1. The van der Waals surface area contributed by atoms with Gasteiger partial charge in [-0.15, -0.1) is 0 Å². The first-order chi connectivity index (χ1) is 5.36. The summed E-state index contributed by atoms with van der Waals surface area (Å²) in [6.07, 6.45) is 6.85. The van der Waals surface area contributed by atoms with E-state index in [1.807, 2.05) is 7.11 Å². The summed E-state index contributed by atoms with van der Waals surface area (Å²) in [6.45, 7) is 0.834. The van der Waals surface area contributed by atoms with Crippen molar-refractivity contribution < 1.29 is 4.74 Å². The number of hydrogen-bond acceptors (Lipinski definition) is 2. The minimum absolute atomic E-state index is 0.514. The van der Waals surface area contributed by atoms with Gasteiger partial charge in [0.05, 0.1) is 6.10 Å². The lowest BCUT2D eigenvalue weighted by atomic mass is 9.85. The van der Waals surface area contributed by atoms with Crippen LogP contribution in [0.3, 0.4) is 0 Å². The quantitative estimate of drug-likeness (QED) is 0.674. The SMILES string of the molecule is COC1CCCC(CCN)C1. The van der Waals surface area contributed by atoms with Crippen molar-refractivity contribution in [2.45, 2.75) is 38.2 Å². The molecule has 1 aliphatic carbocycles. The van der Waals surface area contributed by atoms with E-state index >= 15 is 0 Å². The summed E-state index contributed by atoms with van der Waals surface area (Å²) in [6, 6.07) is 0. The number of methoxy groups -OCH3 is 1. The second-order valence-electron chi connectivity index (χ2n) is 3.47. The molecule has 0 heterocycles. The van der Waals surface area contributed by atoms with E-state index in [0.717, 1.165) is 12.5 Å². The molecule has 2 N–H and O–H groups in total. The maximum atomic E-state index is 5.51. The summed E-state index contributed by atoms with van der Waals surface area (Å²) in [5.41, 5.74) is 5.51. The van der Waals surface area contributed by atoms with E-state index in [1.165, 1.54) is 32.1 Å². The molecule has 0 bridgehead atoms. The van der Waals surface area contributed by atoms with Crippen molar-refractivity contribution >= 4 is 0 Å². The van der Waals surface area contributed by atoms with Crippen LogP contribution in [-0.2, 0) is 4.74 Å². The van der Waals surface area contributed by atoms with Gasteiger partial charge in [-0.2, -0.15) is 0 Å². The van der Waals surface area contributed by atoms with E-state index < -0.39 is 0 Å². The molecule has 2 unspecified atom stereocenters. The maximum absolute atomic E-state index is 5.51. The molecule has 2 heteroatoms. The molecule has 2 atom stereocenters. The zero-order valence-corrected chi connectivity index (χ0v) is 7.38. The zero-order chi connectivity index (χ0) is 8.10. The fourth-order valence-electron chi connectivity index (χ4n) is 1.95. The Kier molecular flexibility index (Phi) is 3.87. The third-order valence-corrected chi connectivity index (χ3v) is 2.64. The summed E-state index contributed by atoms with van der Waals surface area (Å²) in [5.74, 6) is 0.832. The van der Waals surface area contributed by atoms with Crippen molar-refractivity contribution in [3.63, 3.8) is 0 Å². The Morgan fingerprint density at radius 1 is 1.45 bits per heavy atom. The molecular weight excluding hydrogens is 138 g/mol. The van der Waals surface area contributed by atoms with E-state index in [1.54, 1.807) is 0 Å². The van der Waals surface area contributed by atoms with Crippen molar-refractivity contribution in [2.24, 2.45) is 11.7 Å². The van der Waals surface area contributed by atoms with E-state index in [4.69, 9.17) is 10.5 Å². The molecular formula is C9H19NO. The lowest BCUT2D eigenvalue weighted by Crippen LogP contribution is -2.23. The monoisotopic (exact) mass is 157 g/mol. The first kappa shape index (κ1) is 9.01. The topological polar surface area (TPSA) is 35.2 Å². The maximum Gasteiger partial charge on any atom is 0.0574 e. The smallest absolute Gasteiger partial charge is 0.0574 e. The fraction of sp³-hybridized carbons (Fsp3) is 1.00. The van der Waals surface area contributed by atoms with Crippen molar-refractivity contribution in [2.75, 3.05) is 13.7 Å². The minimum atomic E-state index is 0.514. The van der Waals surface area contributed by atoms with Crippen LogP contribution >= 0.6 is 0 Å². The van der Waals surface area contributed by atoms with Gasteiger partial charge in [-0.25, -0.2) is 0 Å². The van der Waals surface area contributed by atoms with E-state index in [-0.39, 0.29) is 0 Å². The molecule has 0 radical (unpaired) electrons. The molecule has 0 aromatic heterocycles. The van der Waals surface area contributed by atoms with Crippen LogP contribution in [-0.4, -0.2) is 19.8 Å². The lowest BCUT2D eigenvalue weighted by Gasteiger charge is -2.27. The van der Waals surface area contributed by atoms with Gasteiger partial charge >= 0.3 is 0 Å². The average Bonchev–Trinajstić information content (AvgIpc) is 2.06. The Labute approximate surface area is 69.1 Å². The summed E-state index contributed by atoms with van der Waals surface area (Å²) in [4.78, 5) is 0. The second kappa shape index (κ2) is 4.73. The van der Waals surface area contributed by atoms with Crippen LogP contribution in [0.15, 0.2) is 0 Å². The van der Waals surface area contributed by atoms with Crippen LogP contribution in [0.4, 0.5) is 0 Å². The van der Waals surface area contributed by atoms with Gasteiger partial charge < -0.3 is 10.5 Å². The van der Waals surface area contributed by atoms with Gasteiger partial charge in [0, 0.05) is 7.11 Å². The highest BCUT2D eigenvalue weighted by molar-refractivity contribution is 4.73. The second-order valence-corrected chi connectivity index (χ2v) is 3.47. The Morgan fingerprint density at radius 2 is 2.27 bits per heavy atom. The van der Waals surface area contributed by atoms with Crippen LogP contribution in [0.25, 0.3) is 0 Å². The molecule has 0 aromatic rings. The third kappa shape index (κ3) is 2.80. The van der Waals surface area contributed by atoms with Gasteiger partial charge in [-0.3, -0.25) is 0 Å². The van der Waals surface area contributed by atoms with Crippen LogP contribution < -0.4 is 5.73 Å². The van der Waals surface area contributed by atoms with E-state index in [2.05, 4.69) is 0 Å². The largest absolute Gasteiger partial charge is 0.381 e. The van der Waals surface area contributed by atoms with Crippen molar-refractivity contribution in [3.8, 4) is 0 Å². The fourth-order valence-corrected chi connectivity index (χ4v) is 1.95. The lowest BCUT2D eigenvalue weighted by molar-refractivity contribution is 0.0495. The summed E-state index contributed by atoms with van der Waals surface area (Å²) < 4.78 is 5.33. The summed E-state index contributed by atoms with van der Waals surface area (Å²) in [7, 11) is 1.81. The molecule has 0 amide bonds. The van der Waals surface area contributed by atoms with Gasteiger partial charge in [0.2, 0.25) is 0 Å². The average molecular weight is 157 g/mol. The summed E-state index contributed by atoms with van der Waals surface area (Å²) in [5, 5.41) is 0. The molecule has 1 saturated carbocycles. The molecule has 2 nitrogen and oxygen atoms in total. The zero-order valence-electron chi connectivity index (χ0n) is 7.38. The number of hydrogen-bond donors (Lipinski definition) is 1. The Bertz CT molecular complexity index is 104. The van der Waals surface area contributed by atoms with Crippen molar-refractivity contribution in [1.82, 2.24) is 0 Å². The van der Waals surface area contributed by atoms with Gasteiger partial charge in [-0.05, 0) is 31.7 Å². The minimum Gasteiger partial charge on any atom is -0.381 e. The highest BCUT2D eigenvalue weighted by Gasteiger charge is 2.20. The molecule has 1 aliphatic rings. The van der Waals surface area contributed by atoms with Crippen LogP contribution in [0.2, 0.25) is 0 Å². The molecule has 0 saturated heterocycles. The molecule has 1 rings (SSSR count). The standard InChI is InChI=1S/C9H19NO/c1-11-9-4-2-3-8(7-9)5-6-10/h8-9H,2-7,10H2,1H3. The van der Waals surface area contributed by atoms with Crippen LogP contribution in [0.1, 0.15) is 32.1 Å². The van der Waals surface area contributed by atoms with Gasteiger partial charge in [-0.1, -0.05) is 12.8 Å². The Morgan fingerprint density at radius 3 is 2.91 bits per heavy atom. The number of nitrogens with two attached hydrogens (primary N) is 1. The molecule has 0 spiro atoms. The van der Waals surface area contributed by atoms with Gasteiger partial charge in [0.25, 0.3) is 0 Å². The normalized spacial score (nSPS) is 32.2. The molecule has 11 heavy (non-hydrogen) atoms. The highest BCUT2D eigenvalue weighted by atomic mass is 16.5. The molecule has 66 valence electrons. The predicted octanol–water partition coefficient (Wildman–Crippen LogP) is 1.54. The van der Waals surface area contributed by atoms with Crippen LogP contribution in [0.5, 0.6) is 0 Å². The third-order valence-electron chi connectivity index (χ3n) is 2.64. The predicted molar refractivity (Wildman–Crippen MR) is 46.4 cm³/mol. The van der Waals surface area contributed by atoms with Gasteiger partial charge in [0.15, 0.2) is 0 Å². The van der Waals surface area contributed by atoms with E-state index in [0.29, 0.717) is 6.10 Å².